The van der Waals surface area contributed by atoms with Gasteiger partial charge in [0.2, 0.25) is 0 Å². The lowest BCUT2D eigenvalue weighted by Gasteiger charge is -2.25. The predicted molar refractivity (Wildman–Crippen MR) is 137 cm³/mol. The van der Waals surface area contributed by atoms with E-state index in [1.54, 1.807) is 25.7 Å². The largest absolute Gasteiger partial charge is 0.459 e. The Labute approximate surface area is 212 Å². The summed E-state index contributed by atoms with van der Waals surface area (Å²) < 4.78 is 10.8. The number of ether oxygens (including phenoxy) is 2. The number of nitrogens with one attached hydrogen (secondary N) is 1. The molecule has 0 saturated carbocycles. The summed E-state index contributed by atoms with van der Waals surface area (Å²) in [6.45, 7) is 15.7. The molecule has 0 aromatic rings. The lowest BCUT2D eigenvalue weighted by Crippen LogP contribution is -2.37. The average Bonchev–Trinajstić information content (AvgIpc) is 2.67. The number of hydrogen-bond acceptors (Lipinski definition) is 9. The van der Waals surface area contributed by atoms with Gasteiger partial charge in [-0.25, -0.2) is 0 Å². The first kappa shape index (κ1) is 33.2. The second kappa shape index (κ2) is 16.8. The van der Waals surface area contributed by atoms with Gasteiger partial charge >= 0.3 is 11.9 Å². The molecule has 0 aliphatic heterocycles. The van der Waals surface area contributed by atoms with Crippen LogP contribution >= 0.6 is 0 Å². The van der Waals surface area contributed by atoms with E-state index in [9.17, 15) is 19.2 Å². The van der Waals surface area contributed by atoms with Crippen LogP contribution in [0.3, 0.4) is 0 Å². The standard InChI is InChI=1S/C26H49N3O6/c1-21(30)12-17-29(20-24(33)35-26(5,6)7)18-13-22(31)11-9-15-28(16-10-14-27-8)19-23(32)34-25(2,3)4/h27H,9-20H2,1-8H3. The van der Waals surface area contributed by atoms with Gasteiger partial charge in [0.1, 0.15) is 22.8 Å². The van der Waals surface area contributed by atoms with Crippen LogP contribution in [0, 0.1) is 0 Å². The van der Waals surface area contributed by atoms with Crippen molar-refractivity contribution >= 4 is 23.5 Å². The van der Waals surface area contributed by atoms with Gasteiger partial charge in [0.05, 0.1) is 13.1 Å². The maximum atomic E-state index is 12.5. The van der Waals surface area contributed by atoms with Gasteiger partial charge in [-0.2, -0.15) is 0 Å². The van der Waals surface area contributed by atoms with E-state index < -0.39 is 11.2 Å². The van der Waals surface area contributed by atoms with E-state index in [0.717, 1.165) is 19.5 Å². The van der Waals surface area contributed by atoms with Gasteiger partial charge in [-0.15, -0.1) is 0 Å². The summed E-state index contributed by atoms with van der Waals surface area (Å²) in [4.78, 5) is 52.2. The molecule has 0 saturated heterocycles. The van der Waals surface area contributed by atoms with E-state index in [1.807, 2.05) is 32.7 Å². The second-order valence-corrected chi connectivity index (χ2v) is 11.0. The molecule has 0 fully saturated rings. The van der Waals surface area contributed by atoms with Crippen molar-refractivity contribution < 1.29 is 28.7 Å². The molecule has 35 heavy (non-hydrogen) atoms. The highest BCUT2D eigenvalue weighted by atomic mass is 16.6. The Morgan fingerprint density at radius 3 is 1.60 bits per heavy atom. The molecule has 0 aromatic carbocycles. The monoisotopic (exact) mass is 499 g/mol. The summed E-state index contributed by atoms with van der Waals surface area (Å²) in [6.07, 6.45) is 2.54. The molecule has 0 heterocycles. The summed E-state index contributed by atoms with van der Waals surface area (Å²) >= 11 is 0. The van der Waals surface area contributed by atoms with Crippen LogP contribution in [0.15, 0.2) is 0 Å². The summed E-state index contributed by atoms with van der Waals surface area (Å²) in [5, 5.41) is 3.10. The number of nitrogens with zero attached hydrogens (tertiary/aromatic N) is 2. The highest BCUT2D eigenvalue weighted by Crippen LogP contribution is 2.10. The van der Waals surface area contributed by atoms with Gasteiger partial charge < -0.3 is 14.8 Å². The molecule has 0 amide bonds. The van der Waals surface area contributed by atoms with E-state index in [4.69, 9.17) is 9.47 Å². The second-order valence-electron chi connectivity index (χ2n) is 11.0. The van der Waals surface area contributed by atoms with E-state index in [2.05, 4.69) is 5.32 Å². The van der Waals surface area contributed by atoms with Crippen molar-refractivity contribution in [3.63, 3.8) is 0 Å². The Balaban J connectivity index is 4.68. The fraction of sp³-hybridized carbons (Fsp3) is 0.846. The minimum absolute atomic E-state index is 0.0360. The van der Waals surface area contributed by atoms with Crippen molar-refractivity contribution in [3.8, 4) is 0 Å². The zero-order valence-electron chi connectivity index (χ0n) is 23.3. The fourth-order valence-electron chi connectivity index (χ4n) is 3.36. The minimum Gasteiger partial charge on any atom is -0.459 e. The lowest BCUT2D eigenvalue weighted by molar-refractivity contribution is -0.157. The highest BCUT2D eigenvalue weighted by molar-refractivity contribution is 5.79. The van der Waals surface area contributed by atoms with E-state index in [1.165, 1.54) is 6.92 Å². The first-order valence-corrected chi connectivity index (χ1v) is 12.7. The number of rotatable bonds is 18. The first-order valence-electron chi connectivity index (χ1n) is 12.7. The molecule has 0 unspecified atom stereocenters. The number of carbonyl (C=O) groups is 4. The molecule has 0 spiro atoms. The molecule has 0 bridgehead atoms. The van der Waals surface area contributed by atoms with Crippen molar-refractivity contribution in [2.45, 2.75) is 91.8 Å². The van der Waals surface area contributed by atoms with Gasteiger partial charge in [0.25, 0.3) is 0 Å². The molecule has 0 atom stereocenters. The van der Waals surface area contributed by atoms with Crippen LogP contribution in [0.1, 0.15) is 80.6 Å². The molecular weight excluding hydrogens is 450 g/mol. The van der Waals surface area contributed by atoms with Crippen LogP contribution in [0.25, 0.3) is 0 Å². The lowest BCUT2D eigenvalue weighted by atomic mass is 10.1. The number of hydrogen-bond donors (Lipinski definition) is 1. The summed E-state index contributed by atoms with van der Waals surface area (Å²) in [7, 11) is 1.89. The molecule has 9 heteroatoms. The quantitative estimate of drug-likeness (QED) is 0.225. The molecule has 1 N–H and O–H groups in total. The Kier molecular flexibility index (Phi) is 15.9. The molecule has 0 aromatic heterocycles. The zero-order chi connectivity index (χ0) is 27.1. The molecule has 0 aliphatic rings. The molecule has 0 aliphatic carbocycles. The van der Waals surface area contributed by atoms with Crippen molar-refractivity contribution in [1.29, 1.82) is 0 Å². The SMILES string of the molecule is CNCCCN(CCCC(=O)CCN(CCC(C)=O)CC(=O)OC(C)(C)C)CC(=O)OC(C)(C)C. The third-order valence-electron chi connectivity index (χ3n) is 4.86. The third-order valence-corrected chi connectivity index (χ3v) is 4.86. The van der Waals surface area contributed by atoms with Crippen molar-refractivity contribution in [3.05, 3.63) is 0 Å². The minimum atomic E-state index is -0.586. The highest BCUT2D eigenvalue weighted by Gasteiger charge is 2.21. The maximum absolute atomic E-state index is 12.5. The van der Waals surface area contributed by atoms with Crippen LogP contribution in [-0.4, -0.2) is 97.4 Å². The van der Waals surface area contributed by atoms with Crippen LogP contribution in [-0.2, 0) is 28.7 Å². The van der Waals surface area contributed by atoms with Crippen LogP contribution in [0.5, 0.6) is 0 Å². The average molecular weight is 500 g/mol. The van der Waals surface area contributed by atoms with Crippen molar-refractivity contribution in [1.82, 2.24) is 15.1 Å². The smallest absolute Gasteiger partial charge is 0.320 e. The van der Waals surface area contributed by atoms with Crippen LogP contribution in [0.4, 0.5) is 0 Å². The summed E-state index contributed by atoms with van der Waals surface area (Å²) in [6, 6.07) is 0. The summed E-state index contributed by atoms with van der Waals surface area (Å²) in [5.74, 6) is -0.507. The topological polar surface area (TPSA) is 105 Å². The number of carbonyl (C=O) groups excluding carboxylic acids is 4. The first-order chi connectivity index (χ1) is 16.1. The van der Waals surface area contributed by atoms with Crippen LogP contribution in [0.2, 0.25) is 0 Å². The van der Waals surface area contributed by atoms with Gasteiger partial charge in [0.15, 0.2) is 0 Å². The number of Topliss-reactive ketones (excluding diaryl/α,β-unsaturated/α-hetero) is 2. The Morgan fingerprint density at radius 2 is 1.14 bits per heavy atom. The predicted octanol–water partition coefficient (Wildman–Crippen LogP) is 2.60. The number of ketones is 2. The molecular formula is C26H49N3O6. The van der Waals surface area contributed by atoms with Gasteiger partial charge in [-0.05, 0) is 88.0 Å². The van der Waals surface area contributed by atoms with Gasteiger partial charge in [-0.1, -0.05) is 0 Å². The van der Waals surface area contributed by atoms with Gasteiger partial charge in [-0.3, -0.25) is 29.0 Å². The summed E-state index contributed by atoms with van der Waals surface area (Å²) in [5.41, 5.74) is -1.12. The van der Waals surface area contributed by atoms with Crippen LogP contribution < -0.4 is 5.32 Å². The van der Waals surface area contributed by atoms with Gasteiger partial charge in [0, 0.05) is 32.4 Å². The molecule has 0 radical (unpaired) electrons. The Bertz CT molecular complexity index is 667. The Morgan fingerprint density at radius 1 is 0.686 bits per heavy atom. The number of esters is 2. The van der Waals surface area contributed by atoms with E-state index in [0.29, 0.717) is 45.3 Å². The molecule has 0 rings (SSSR count). The normalized spacial score (nSPS) is 12.2. The van der Waals surface area contributed by atoms with Crippen molar-refractivity contribution in [2.75, 3.05) is 52.9 Å². The maximum Gasteiger partial charge on any atom is 0.320 e. The Hall–Kier alpha value is -1.84. The van der Waals surface area contributed by atoms with Crippen molar-refractivity contribution in [2.24, 2.45) is 0 Å². The van der Waals surface area contributed by atoms with E-state index >= 15 is 0 Å². The fourth-order valence-corrected chi connectivity index (χ4v) is 3.36. The van der Waals surface area contributed by atoms with E-state index in [-0.39, 0.29) is 36.6 Å². The molecule has 204 valence electrons. The molecule has 9 nitrogen and oxygen atoms in total. The third kappa shape index (κ3) is 21.2. The zero-order valence-corrected chi connectivity index (χ0v) is 23.3.